The van der Waals surface area contributed by atoms with Crippen LogP contribution in [-0.2, 0) is 10.0 Å². The number of rotatable bonds is 4. The molecule has 0 aromatic carbocycles. The minimum absolute atomic E-state index is 0.246. The highest BCUT2D eigenvalue weighted by atomic mass is 79.9. The number of aromatic nitrogens is 2. The minimum Gasteiger partial charge on any atom is -0.476 e. The standard InChI is InChI=1S/C10H8BrN3O4S2/c1-5-2-6(3-12-8(5)11)14-20(17,18)10-7(9(15)16)13-4-19-10/h2-4,14H,1H3,(H,15,16). The Hall–Kier alpha value is -1.52. The number of carboxylic acids is 1. The van der Waals surface area contributed by atoms with Crippen LogP contribution in [0.5, 0.6) is 0 Å². The molecule has 2 aromatic heterocycles. The van der Waals surface area contributed by atoms with Gasteiger partial charge >= 0.3 is 5.97 Å². The van der Waals surface area contributed by atoms with E-state index in [9.17, 15) is 13.2 Å². The van der Waals surface area contributed by atoms with Crippen LogP contribution in [0.4, 0.5) is 5.69 Å². The van der Waals surface area contributed by atoms with Gasteiger partial charge in [0.1, 0.15) is 4.60 Å². The Morgan fingerprint density at radius 2 is 2.15 bits per heavy atom. The van der Waals surface area contributed by atoms with E-state index in [2.05, 4.69) is 30.6 Å². The number of sulfonamides is 1. The summed E-state index contributed by atoms with van der Waals surface area (Å²) >= 11 is 3.94. The molecular formula is C10H8BrN3O4S2. The highest BCUT2D eigenvalue weighted by Crippen LogP contribution is 2.24. The SMILES string of the molecule is Cc1cc(NS(=O)(=O)c2scnc2C(=O)O)cnc1Br. The molecule has 0 atom stereocenters. The topological polar surface area (TPSA) is 109 Å². The van der Waals surface area contributed by atoms with Crippen molar-refractivity contribution >= 4 is 48.9 Å². The van der Waals surface area contributed by atoms with E-state index in [0.29, 0.717) is 4.60 Å². The maximum Gasteiger partial charge on any atom is 0.356 e. The highest BCUT2D eigenvalue weighted by Gasteiger charge is 2.25. The number of aryl methyl sites for hydroxylation is 1. The van der Waals surface area contributed by atoms with Crippen LogP contribution in [0.3, 0.4) is 0 Å². The molecule has 0 radical (unpaired) electrons. The summed E-state index contributed by atoms with van der Waals surface area (Å²) in [5.74, 6) is -1.39. The number of halogens is 1. The number of carboxylic acid groups (broad SMARTS) is 1. The molecule has 7 nitrogen and oxygen atoms in total. The van der Waals surface area contributed by atoms with Crippen LogP contribution in [0.25, 0.3) is 0 Å². The Morgan fingerprint density at radius 1 is 1.45 bits per heavy atom. The number of nitrogens with one attached hydrogen (secondary N) is 1. The predicted molar refractivity (Wildman–Crippen MR) is 76.6 cm³/mol. The number of anilines is 1. The summed E-state index contributed by atoms with van der Waals surface area (Å²) in [4.78, 5) is 18.4. The molecule has 2 rings (SSSR count). The number of hydrogen-bond donors (Lipinski definition) is 2. The first-order valence-corrected chi connectivity index (χ1v) is 8.28. The van der Waals surface area contributed by atoms with Crippen molar-refractivity contribution in [3.05, 3.63) is 33.6 Å². The molecule has 0 fully saturated rings. The molecule has 0 unspecified atom stereocenters. The second-order valence-corrected chi connectivity index (χ2v) is 7.21. The van der Waals surface area contributed by atoms with Crippen LogP contribution in [0.2, 0.25) is 0 Å². The van der Waals surface area contributed by atoms with Crippen molar-refractivity contribution in [2.24, 2.45) is 0 Å². The van der Waals surface area contributed by atoms with Gasteiger partial charge in [0.15, 0.2) is 9.90 Å². The van der Waals surface area contributed by atoms with Gasteiger partial charge in [0.25, 0.3) is 10.0 Å². The average Bonchev–Trinajstić information content (AvgIpc) is 2.83. The molecule has 0 aliphatic rings. The molecule has 0 spiro atoms. The largest absolute Gasteiger partial charge is 0.476 e. The molecule has 10 heteroatoms. The molecule has 0 bridgehead atoms. The first kappa shape index (κ1) is 14.9. The quantitative estimate of drug-likeness (QED) is 0.789. The molecular weight excluding hydrogens is 370 g/mol. The number of nitrogens with zero attached hydrogens (tertiary/aromatic N) is 2. The fourth-order valence-corrected chi connectivity index (χ4v) is 3.78. The lowest BCUT2D eigenvalue weighted by Crippen LogP contribution is -2.15. The predicted octanol–water partition coefficient (Wildman–Crippen LogP) is 2.11. The van der Waals surface area contributed by atoms with E-state index in [1.807, 2.05) is 0 Å². The Morgan fingerprint density at radius 3 is 2.75 bits per heavy atom. The molecule has 0 saturated heterocycles. The van der Waals surface area contributed by atoms with Gasteiger partial charge in [-0.1, -0.05) is 0 Å². The second kappa shape index (κ2) is 5.46. The second-order valence-electron chi connectivity index (χ2n) is 3.73. The van der Waals surface area contributed by atoms with E-state index in [1.54, 1.807) is 13.0 Å². The Bertz CT molecular complexity index is 773. The van der Waals surface area contributed by atoms with Crippen LogP contribution >= 0.6 is 27.3 Å². The zero-order valence-electron chi connectivity index (χ0n) is 9.99. The number of carbonyl (C=O) groups is 1. The summed E-state index contributed by atoms with van der Waals surface area (Å²) in [6.45, 7) is 1.75. The molecule has 0 saturated carbocycles. The molecule has 2 heterocycles. The Kier molecular flexibility index (Phi) is 4.06. The maximum atomic E-state index is 12.1. The zero-order valence-corrected chi connectivity index (χ0v) is 13.2. The van der Waals surface area contributed by atoms with Crippen molar-refractivity contribution in [3.63, 3.8) is 0 Å². The molecule has 0 aliphatic heterocycles. The molecule has 2 N–H and O–H groups in total. The fraction of sp³-hybridized carbons (Fsp3) is 0.100. The van der Waals surface area contributed by atoms with Crippen LogP contribution in [0, 0.1) is 6.92 Å². The van der Waals surface area contributed by atoms with Gasteiger partial charge < -0.3 is 5.11 Å². The summed E-state index contributed by atoms with van der Waals surface area (Å²) in [5.41, 5.74) is 1.66. The molecule has 0 aliphatic carbocycles. The van der Waals surface area contributed by atoms with Crippen molar-refractivity contribution in [1.82, 2.24) is 9.97 Å². The lowest BCUT2D eigenvalue weighted by Gasteiger charge is -2.07. The number of aromatic carboxylic acids is 1. The van der Waals surface area contributed by atoms with Crippen molar-refractivity contribution in [2.45, 2.75) is 11.1 Å². The van der Waals surface area contributed by atoms with Crippen LogP contribution in [0.15, 0.2) is 26.6 Å². The van der Waals surface area contributed by atoms with Gasteiger partial charge in [-0.15, -0.1) is 11.3 Å². The fourth-order valence-electron chi connectivity index (χ4n) is 1.38. The van der Waals surface area contributed by atoms with Crippen molar-refractivity contribution in [3.8, 4) is 0 Å². The van der Waals surface area contributed by atoms with E-state index in [4.69, 9.17) is 5.11 Å². The first-order chi connectivity index (χ1) is 9.31. The van der Waals surface area contributed by atoms with Gasteiger partial charge in [-0.05, 0) is 34.5 Å². The van der Waals surface area contributed by atoms with Gasteiger partial charge in [-0.2, -0.15) is 0 Å². The lowest BCUT2D eigenvalue weighted by atomic mass is 10.3. The first-order valence-electron chi connectivity index (χ1n) is 5.13. The Labute approximate surface area is 126 Å². The van der Waals surface area contributed by atoms with E-state index in [-0.39, 0.29) is 9.90 Å². The van der Waals surface area contributed by atoms with Gasteiger partial charge in [0.05, 0.1) is 17.4 Å². The van der Waals surface area contributed by atoms with Gasteiger partial charge in [-0.3, -0.25) is 4.72 Å². The maximum absolute atomic E-state index is 12.1. The summed E-state index contributed by atoms with van der Waals surface area (Å²) in [5, 5.41) is 8.90. The van der Waals surface area contributed by atoms with Gasteiger partial charge in [0, 0.05) is 0 Å². The minimum atomic E-state index is -4.01. The third-order valence-corrected chi connectivity index (χ3v) is 5.83. The van der Waals surface area contributed by atoms with Crippen LogP contribution in [0.1, 0.15) is 16.1 Å². The monoisotopic (exact) mass is 377 g/mol. The summed E-state index contributed by atoms with van der Waals surface area (Å²) in [7, 11) is -4.01. The van der Waals surface area contributed by atoms with Gasteiger partial charge in [-0.25, -0.2) is 23.2 Å². The van der Waals surface area contributed by atoms with Crippen molar-refractivity contribution in [2.75, 3.05) is 4.72 Å². The molecule has 106 valence electrons. The summed E-state index contributed by atoms with van der Waals surface area (Å²) in [6.07, 6.45) is 1.33. The van der Waals surface area contributed by atoms with Crippen molar-refractivity contribution < 1.29 is 18.3 Å². The van der Waals surface area contributed by atoms with E-state index < -0.39 is 21.7 Å². The number of pyridine rings is 1. The van der Waals surface area contributed by atoms with Crippen LogP contribution < -0.4 is 4.72 Å². The van der Waals surface area contributed by atoms with Crippen LogP contribution in [-0.4, -0.2) is 29.5 Å². The molecule has 0 amide bonds. The van der Waals surface area contributed by atoms with E-state index in [1.165, 1.54) is 11.7 Å². The third kappa shape index (κ3) is 2.97. The molecule has 20 heavy (non-hydrogen) atoms. The summed E-state index contributed by atoms with van der Waals surface area (Å²) < 4.78 is 26.8. The van der Waals surface area contributed by atoms with Gasteiger partial charge in [0.2, 0.25) is 0 Å². The number of thiazole rings is 1. The molecule has 2 aromatic rings. The van der Waals surface area contributed by atoms with E-state index in [0.717, 1.165) is 16.9 Å². The van der Waals surface area contributed by atoms with E-state index >= 15 is 0 Å². The number of hydrogen-bond acceptors (Lipinski definition) is 6. The smallest absolute Gasteiger partial charge is 0.356 e. The Balaban J connectivity index is 2.38. The lowest BCUT2D eigenvalue weighted by molar-refractivity contribution is 0.0687. The highest BCUT2D eigenvalue weighted by molar-refractivity contribution is 9.10. The normalized spacial score (nSPS) is 11.3. The summed E-state index contributed by atoms with van der Waals surface area (Å²) in [6, 6.07) is 1.58. The third-order valence-electron chi connectivity index (χ3n) is 2.25. The zero-order chi connectivity index (χ0) is 14.9. The van der Waals surface area contributed by atoms with Crippen molar-refractivity contribution in [1.29, 1.82) is 0 Å². The average molecular weight is 378 g/mol.